The smallest absolute Gasteiger partial charge is 0.374 e. The second-order valence-electron chi connectivity index (χ2n) is 2.99. The second kappa shape index (κ2) is 3.52. The lowest BCUT2D eigenvalue weighted by molar-refractivity contribution is 0.461. The summed E-state index contributed by atoms with van der Waals surface area (Å²) in [6.07, 6.45) is 0. The molecular weight excluding hydrogens is 151 g/mol. The second-order valence-corrected chi connectivity index (χ2v) is 2.99. The van der Waals surface area contributed by atoms with E-state index in [1.54, 1.807) is 6.07 Å². The van der Waals surface area contributed by atoms with Gasteiger partial charge in [-0.05, 0) is 17.5 Å². The molecule has 0 spiro atoms. The lowest BCUT2D eigenvalue weighted by atomic mass is 10.0. The number of rotatable bonds is 2. The summed E-state index contributed by atoms with van der Waals surface area (Å²) >= 11 is 0. The minimum atomic E-state index is 0.230. The number of benzene rings is 1. The first-order valence-corrected chi connectivity index (χ1v) is 3.84. The van der Waals surface area contributed by atoms with E-state index in [0.29, 0.717) is 11.7 Å². The fourth-order valence-electron chi connectivity index (χ4n) is 1.09. The first-order valence-electron chi connectivity index (χ1n) is 3.84. The molecular formula is C9H11BO2. The van der Waals surface area contributed by atoms with Crippen molar-refractivity contribution in [3.05, 3.63) is 23.8 Å². The van der Waals surface area contributed by atoms with Crippen LogP contribution >= 0.6 is 0 Å². The van der Waals surface area contributed by atoms with E-state index in [1.807, 2.05) is 19.9 Å². The average molecular weight is 162 g/mol. The average Bonchev–Trinajstić information content (AvgIpc) is 2.03. The number of hydrogen-bond acceptors (Lipinski definition) is 2. The Morgan fingerprint density at radius 3 is 2.50 bits per heavy atom. The van der Waals surface area contributed by atoms with Crippen molar-refractivity contribution >= 4 is 8.05 Å². The molecule has 1 N–H and O–H groups in total. The van der Waals surface area contributed by atoms with Gasteiger partial charge in [0.2, 0.25) is 0 Å². The van der Waals surface area contributed by atoms with E-state index in [2.05, 4.69) is 4.65 Å². The van der Waals surface area contributed by atoms with Gasteiger partial charge in [0, 0.05) is 6.07 Å². The van der Waals surface area contributed by atoms with Gasteiger partial charge in [0.15, 0.2) is 0 Å². The van der Waals surface area contributed by atoms with Crippen LogP contribution in [-0.2, 0) is 0 Å². The molecule has 1 aromatic carbocycles. The molecule has 0 fully saturated rings. The van der Waals surface area contributed by atoms with E-state index in [9.17, 15) is 5.11 Å². The molecule has 0 saturated heterocycles. The van der Waals surface area contributed by atoms with Crippen LogP contribution in [0.3, 0.4) is 0 Å². The van der Waals surface area contributed by atoms with Gasteiger partial charge in [0.1, 0.15) is 11.5 Å². The molecule has 1 aromatic rings. The van der Waals surface area contributed by atoms with Gasteiger partial charge in [-0.2, -0.15) is 0 Å². The Morgan fingerprint density at radius 1 is 1.42 bits per heavy atom. The van der Waals surface area contributed by atoms with Crippen LogP contribution in [0.1, 0.15) is 25.3 Å². The van der Waals surface area contributed by atoms with E-state index >= 15 is 0 Å². The standard InChI is InChI=1S/C9H11BO2/c1-6(2)8-4-3-7(12-10)5-9(8)11/h3-6,11H,1-2H3. The SMILES string of the molecule is [B]Oc1ccc(C(C)C)c(O)c1. The predicted molar refractivity (Wildman–Crippen MR) is 48.6 cm³/mol. The monoisotopic (exact) mass is 162 g/mol. The van der Waals surface area contributed by atoms with Crippen molar-refractivity contribution in [1.82, 2.24) is 0 Å². The first-order chi connectivity index (χ1) is 5.65. The zero-order valence-corrected chi connectivity index (χ0v) is 7.24. The number of phenols is 1. The molecule has 62 valence electrons. The highest BCUT2D eigenvalue weighted by molar-refractivity contribution is 5.99. The molecule has 0 aliphatic heterocycles. The van der Waals surface area contributed by atoms with E-state index in [-0.39, 0.29) is 5.75 Å². The van der Waals surface area contributed by atoms with Crippen molar-refractivity contribution in [1.29, 1.82) is 0 Å². The molecule has 0 bridgehead atoms. The van der Waals surface area contributed by atoms with Crippen molar-refractivity contribution in [2.75, 3.05) is 0 Å². The zero-order valence-electron chi connectivity index (χ0n) is 7.24. The predicted octanol–water partition coefficient (Wildman–Crippen LogP) is 1.98. The molecule has 2 radical (unpaired) electrons. The summed E-state index contributed by atoms with van der Waals surface area (Å²) in [5, 5.41) is 9.46. The third-order valence-electron chi connectivity index (χ3n) is 1.76. The van der Waals surface area contributed by atoms with Gasteiger partial charge in [-0.25, -0.2) is 0 Å². The van der Waals surface area contributed by atoms with Gasteiger partial charge in [0.05, 0.1) is 0 Å². The maximum absolute atomic E-state index is 9.46. The number of aromatic hydroxyl groups is 1. The lowest BCUT2D eigenvalue weighted by Gasteiger charge is -2.09. The molecule has 0 atom stereocenters. The van der Waals surface area contributed by atoms with E-state index in [0.717, 1.165) is 5.56 Å². The topological polar surface area (TPSA) is 29.5 Å². The molecule has 1 rings (SSSR count). The van der Waals surface area contributed by atoms with Crippen LogP contribution in [0.25, 0.3) is 0 Å². The van der Waals surface area contributed by atoms with Gasteiger partial charge in [-0.3, -0.25) is 0 Å². The Labute approximate surface area is 73.6 Å². The molecule has 12 heavy (non-hydrogen) atoms. The maximum atomic E-state index is 9.46. The fraction of sp³-hybridized carbons (Fsp3) is 0.333. The summed E-state index contributed by atoms with van der Waals surface area (Å²) in [6.45, 7) is 4.02. The van der Waals surface area contributed by atoms with Crippen LogP contribution in [0, 0.1) is 0 Å². The minimum Gasteiger partial charge on any atom is -0.568 e. The molecule has 0 saturated carbocycles. The molecule has 0 amide bonds. The van der Waals surface area contributed by atoms with Gasteiger partial charge in [0.25, 0.3) is 0 Å². The summed E-state index contributed by atoms with van der Waals surface area (Å²) in [5.74, 6) is 1.00. The fourth-order valence-corrected chi connectivity index (χ4v) is 1.09. The normalized spacial score (nSPS) is 10.2. The van der Waals surface area contributed by atoms with Gasteiger partial charge < -0.3 is 9.76 Å². The van der Waals surface area contributed by atoms with Crippen molar-refractivity contribution < 1.29 is 9.76 Å². The Kier molecular flexibility index (Phi) is 2.63. The maximum Gasteiger partial charge on any atom is 0.374 e. The molecule has 2 nitrogen and oxygen atoms in total. The summed E-state index contributed by atoms with van der Waals surface area (Å²) in [6, 6.07) is 5.05. The summed E-state index contributed by atoms with van der Waals surface area (Å²) in [5.41, 5.74) is 0.899. The molecule has 0 aliphatic rings. The van der Waals surface area contributed by atoms with E-state index in [4.69, 9.17) is 8.05 Å². The Hall–Kier alpha value is -1.12. The third kappa shape index (κ3) is 1.73. The van der Waals surface area contributed by atoms with E-state index in [1.165, 1.54) is 6.07 Å². The zero-order chi connectivity index (χ0) is 9.14. The highest BCUT2D eigenvalue weighted by Crippen LogP contribution is 2.28. The number of hydrogen-bond donors (Lipinski definition) is 1. The van der Waals surface area contributed by atoms with Crippen LogP contribution < -0.4 is 4.65 Å². The highest BCUT2D eigenvalue weighted by Gasteiger charge is 2.05. The quantitative estimate of drug-likeness (QED) is 0.673. The summed E-state index contributed by atoms with van der Waals surface area (Å²) in [4.78, 5) is 0. The highest BCUT2D eigenvalue weighted by atomic mass is 16.4. The molecule has 0 aromatic heterocycles. The largest absolute Gasteiger partial charge is 0.568 e. The van der Waals surface area contributed by atoms with Crippen molar-refractivity contribution in [2.24, 2.45) is 0 Å². The van der Waals surface area contributed by atoms with Crippen molar-refractivity contribution in [2.45, 2.75) is 19.8 Å². The van der Waals surface area contributed by atoms with Crippen molar-refractivity contribution in [3.63, 3.8) is 0 Å². The lowest BCUT2D eigenvalue weighted by Crippen LogP contribution is -1.90. The summed E-state index contributed by atoms with van der Waals surface area (Å²) < 4.78 is 4.47. The third-order valence-corrected chi connectivity index (χ3v) is 1.76. The van der Waals surface area contributed by atoms with Gasteiger partial charge >= 0.3 is 8.05 Å². The van der Waals surface area contributed by atoms with Crippen LogP contribution in [0.15, 0.2) is 18.2 Å². The first kappa shape index (κ1) is 8.98. The summed E-state index contributed by atoms with van der Waals surface area (Å²) in [7, 11) is 4.93. The van der Waals surface area contributed by atoms with Gasteiger partial charge in [-0.15, -0.1) is 0 Å². The Bertz CT molecular complexity index is 271. The minimum absolute atomic E-state index is 0.230. The van der Waals surface area contributed by atoms with E-state index < -0.39 is 0 Å². The van der Waals surface area contributed by atoms with Gasteiger partial charge in [-0.1, -0.05) is 19.9 Å². The molecule has 0 aliphatic carbocycles. The van der Waals surface area contributed by atoms with Crippen LogP contribution in [0.4, 0.5) is 0 Å². The molecule has 0 heterocycles. The van der Waals surface area contributed by atoms with Crippen LogP contribution in [-0.4, -0.2) is 13.2 Å². The Balaban J connectivity index is 3.03. The van der Waals surface area contributed by atoms with Crippen LogP contribution in [0.5, 0.6) is 11.5 Å². The number of phenolic OH excluding ortho intramolecular Hbond substituents is 1. The Morgan fingerprint density at radius 2 is 2.08 bits per heavy atom. The van der Waals surface area contributed by atoms with Crippen molar-refractivity contribution in [3.8, 4) is 11.5 Å². The van der Waals surface area contributed by atoms with Crippen LogP contribution in [0.2, 0.25) is 0 Å². The molecule has 3 heteroatoms. The molecule has 0 unspecified atom stereocenters.